The van der Waals surface area contributed by atoms with Crippen LogP contribution in [-0.2, 0) is 39.7 Å². The first-order valence-corrected chi connectivity index (χ1v) is 21.0. The topological polar surface area (TPSA) is 170 Å². The Balaban J connectivity index is 0.000000205. The van der Waals surface area contributed by atoms with Gasteiger partial charge in [-0.1, -0.05) is 67.2 Å². The summed E-state index contributed by atoms with van der Waals surface area (Å²) < 4.78 is 116. The summed E-state index contributed by atoms with van der Waals surface area (Å²) in [6.07, 6.45) is -2.40. The summed E-state index contributed by atoms with van der Waals surface area (Å²) in [5.41, 5.74) is 4.23. The smallest absolute Gasteiger partial charge is 0.314 e. The van der Waals surface area contributed by atoms with Gasteiger partial charge in [0.05, 0.1) is 36.5 Å². The van der Waals surface area contributed by atoms with E-state index < -0.39 is 44.7 Å². The molecule has 0 amide bonds. The molecule has 0 spiro atoms. The summed E-state index contributed by atoms with van der Waals surface area (Å²) in [6, 6.07) is 30.6. The Morgan fingerprint density at radius 2 is 1.12 bits per heavy atom. The van der Waals surface area contributed by atoms with Gasteiger partial charge in [0.25, 0.3) is 21.8 Å². The van der Waals surface area contributed by atoms with Crippen molar-refractivity contribution in [1.82, 2.24) is 29.9 Å². The zero-order valence-corrected chi connectivity index (χ0v) is 33.3. The lowest BCUT2D eigenvalue weighted by molar-refractivity contribution is 0.115. The van der Waals surface area contributed by atoms with Crippen molar-refractivity contribution in [3.63, 3.8) is 0 Å². The molecular formula is C40H36F4N8O6S2. The first-order chi connectivity index (χ1) is 28.7. The average Bonchev–Trinajstić information content (AvgIpc) is 4.05. The third kappa shape index (κ3) is 10.7. The first kappa shape index (κ1) is 42.9. The molecule has 0 aliphatic rings. The van der Waals surface area contributed by atoms with E-state index >= 15 is 0 Å². The van der Waals surface area contributed by atoms with Crippen molar-refractivity contribution in [3.05, 3.63) is 162 Å². The molecule has 60 heavy (non-hydrogen) atoms. The molecule has 0 aliphatic heterocycles. The molecule has 0 atom stereocenters. The fraction of sp³-hybridized carbons (Fsp3) is 0.175. The maximum Gasteiger partial charge on any atom is 0.314 e. The SMILES string of the molecule is C=CS(=O)(=O)N(Cc1ccc(-c2nnc(C(F)F)o2)cc1)c1ccccc1.Cc1cncn1CCS(=O)(=O)N(Cc1ccc(-c2nnc(C(F)F)o2)cc1)c1ccccc1. The van der Waals surface area contributed by atoms with Gasteiger partial charge >= 0.3 is 12.9 Å². The number of imidazole rings is 1. The highest BCUT2D eigenvalue weighted by Gasteiger charge is 2.24. The fourth-order valence-electron chi connectivity index (χ4n) is 5.62. The third-order valence-corrected chi connectivity index (χ3v) is 11.8. The second kappa shape index (κ2) is 18.9. The summed E-state index contributed by atoms with van der Waals surface area (Å²) in [5.74, 6) is -1.66. The number of aromatic nitrogens is 6. The van der Waals surface area contributed by atoms with Crippen LogP contribution < -0.4 is 8.61 Å². The molecule has 0 saturated carbocycles. The normalized spacial score (nSPS) is 11.7. The maximum absolute atomic E-state index is 13.3. The minimum absolute atomic E-state index is 0.0277. The molecule has 20 heteroatoms. The van der Waals surface area contributed by atoms with Crippen LogP contribution in [0.2, 0.25) is 0 Å². The quantitative estimate of drug-likeness (QED) is 0.0855. The molecule has 0 aliphatic carbocycles. The minimum atomic E-state index is -3.71. The predicted octanol–water partition coefficient (Wildman–Crippen LogP) is 8.37. The van der Waals surface area contributed by atoms with Gasteiger partial charge in [-0.05, 0) is 66.6 Å². The highest BCUT2D eigenvalue weighted by molar-refractivity contribution is 7.95. The van der Waals surface area contributed by atoms with E-state index in [1.165, 1.54) is 8.61 Å². The van der Waals surface area contributed by atoms with Gasteiger partial charge in [0, 0.05) is 35.0 Å². The molecule has 0 fully saturated rings. The maximum atomic E-state index is 13.3. The lowest BCUT2D eigenvalue weighted by Gasteiger charge is -2.25. The Labute approximate surface area is 342 Å². The summed E-state index contributed by atoms with van der Waals surface area (Å²) in [7, 11) is -7.38. The van der Waals surface area contributed by atoms with Gasteiger partial charge in [0.2, 0.25) is 21.8 Å². The van der Waals surface area contributed by atoms with Crippen molar-refractivity contribution < 1.29 is 43.2 Å². The Bertz CT molecular complexity index is 2700. The molecule has 7 rings (SSSR count). The van der Waals surface area contributed by atoms with E-state index in [-0.39, 0.29) is 37.2 Å². The summed E-state index contributed by atoms with van der Waals surface area (Å²) >= 11 is 0. The fourth-order valence-corrected chi connectivity index (χ4v) is 7.98. The Morgan fingerprint density at radius 3 is 1.52 bits per heavy atom. The van der Waals surface area contributed by atoms with Crippen molar-refractivity contribution in [2.45, 2.75) is 39.4 Å². The van der Waals surface area contributed by atoms with Crippen LogP contribution in [0.25, 0.3) is 22.9 Å². The van der Waals surface area contributed by atoms with Crippen LogP contribution in [0.4, 0.5) is 28.9 Å². The van der Waals surface area contributed by atoms with Crippen LogP contribution in [-0.4, -0.2) is 52.5 Å². The zero-order valence-electron chi connectivity index (χ0n) is 31.7. The molecular weight excluding hydrogens is 829 g/mol. The predicted molar refractivity (Wildman–Crippen MR) is 214 cm³/mol. The molecule has 3 aromatic heterocycles. The van der Waals surface area contributed by atoms with E-state index in [1.54, 1.807) is 120 Å². The van der Waals surface area contributed by atoms with Crippen molar-refractivity contribution in [2.75, 3.05) is 14.4 Å². The molecule has 0 N–H and O–H groups in total. The van der Waals surface area contributed by atoms with Crippen LogP contribution in [0.1, 0.15) is 41.5 Å². The van der Waals surface area contributed by atoms with Crippen LogP contribution in [0, 0.1) is 6.92 Å². The lowest BCUT2D eigenvalue weighted by Crippen LogP contribution is -2.34. The molecule has 0 unspecified atom stereocenters. The van der Waals surface area contributed by atoms with Gasteiger partial charge in [0.15, 0.2) is 0 Å². The number of rotatable bonds is 16. The molecule has 0 radical (unpaired) electrons. The third-order valence-electron chi connectivity index (χ3n) is 8.76. The summed E-state index contributed by atoms with van der Waals surface area (Å²) in [5, 5.41) is 14.7. The molecule has 0 bridgehead atoms. The van der Waals surface area contributed by atoms with Gasteiger partial charge in [-0.15, -0.1) is 20.4 Å². The molecule has 14 nitrogen and oxygen atoms in total. The molecule has 0 saturated heterocycles. The zero-order chi connectivity index (χ0) is 42.9. The van der Waals surface area contributed by atoms with Crippen molar-refractivity contribution in [1.29, 1.82) is 0 Å². The van der Waals surface area contributed by atoms with Crippen molar-refractivity contribution in [3.8, 4) is 22.9 Å². The van der Waals surface area contributed by atoms with E-state index in [1.807, 2.05) is 13.0 Å². The molecule has 312 valence electrons. The van der Waals surface area contributed by atoms with E-state index in [4.69, 9.17) is 8.83 Å². The van der Waals surface area contributed by atoms with Gasteiger partial charge in [-0.2, -0.15) is 17.6 Å². The van der Waals surface area contributed by atoms with Gasteiger partial charge < -0.3 is 13.4 Å². The lowest BCUT2D eigenvalue weighted by atomic mass is 10.1. The minimum Gasteiger partial charge on any atom is -0.415 e. The second-order valence-corrected chi connectivity index (χ2v) is 16.6. The van der Waals surface area contributed by atoms with Crippen molar-refractivity contribution in [2.24, 2.45) is 0 Å². The highest BCUT2D eigenvalue weighted by atomic mass is 32.2. The van der Waals surface area contributed by atoms with Crippen LogP contribution in [0.15, 0.2) is 143 Å². The summed E-state index contributed by atoms with van der Waals surface area (Å²) in [6.45, 7) is 5.69. The van der Waals surface area contributed by atoms with Crippen LogP contribution >= 0.6 is 0 Å². The van der Waals surface area contributed by atoms with Gasteiger partial charge in [0.1, 0.15) is 0 Å². The first-order valence-electron chi connectivity index (χ1n) is 17.9. The Hall–Kier alpha value is -6.67. The number of para-hydroxylation sites is 2. The molecule has 7 aromatic rings. The Kier molecular flexibility index (Phi) is 13.5. The van der Waals surface area contributed by atoms with Crippen LogP contribution in [0.5, 0.6) is 0 Å². The number of alkyl halides is 4. The largest absolute Gasteiger partial charge is 0.415 e. The number of anilines is 2. The van der Waals surface area contributed by atoms with Gasteiger partial charge in [-0.25, -0.2) is 21.8 Å². The van der Waals surface area contributed by atoms with E-state index in [0.717, 1.165) is 11.1 Å². The average molecular weight is 865 g/mol. The van der Waals surface area contributed by atoms with E-state index in [2.05, 4.69) is 32.0 Å². The monoisotopic (exact) mass is 864 g/mol. The Morgan fingerprint density at radius 1 is 0.667 bits per heavy atom. The van der Waals surface area contributed by atoms with Crippen molar-refractivity contribution >= 4 is 31.4 Å². The van der Waals surface area contributed by atoms with Crippen LogP contribution in [0.3, 0.4) is 0 Å². The molecule has 3 heterocycles. The van der Waals surface area contributed by atoms with Gasteiger partial charge in [-0.3, -0.25) is 8.61 Å². The standard InChI is InChI=1S/C22H21F2N5O3S.C18H15F2N3O3S/c1-16-13-25-15-28(16)11-12-33(30,31)29(19-5-3-2-4-6-19)14-17-7-9-18(10-8-17)21-26-27-22(32-21)20(23)24;1-2-27(24,25)23(15-6-4-3-5-7-15)12-13-8-10-14(11-9-13)17-21-22-18(26-17)16(19)20/h2-10,13,15,20H,11-12,14H2,1H3;2-11,16H,1,12H2. The van der Waals surface area contributed by atoms with E-state index in [9.17, 15) is 34.4 Å². The highest BCUT2D eigenvalue weighted by Crippen LogP contribution is 2.28. The number of sulfonamides is 2. The number of aryl methyl sites for hydroxylation is 2. The number of halogens is 4. The van der Waals surface area contributed by atoms with E-state index in [0.29, 0.717) is 33.6 Å². The number of benzene rings is 4. The number of nitrogens with zero attached hydrogens (tertiary/aromatic N) is 8. The molecule has 4 aromatic carbocycles. The number of hydrogen-bond donors (Lipinski definition) is 0. The summed E-state index contributed by atoms with van der Waals surface area (Å²) in [4.78, 5) is 4.03. The number of hydrogen-bond acceptors (Lipinski definition) is 11. The second-order valence-electron chi connectivity index (χ2n) is 12.8.